The summed E-state index contributed by atoms with van der Waals surface area (Å²) in [5, 5.41) is 4.35. The molecule has 1 aromatic rings. The third-order valence-corrected chi connectivity index (χ3v) is 4.81. The summed E-state index contributed by atoms with van der Waals surface area (Å²) in [7, 11) is 0. The number of nitrogens with zero attached hydrogens (tertiary/aromatic N) is 1. The van der Waals surface area contributed by atoms with Crippen molar-refractivity contribution < 1.29 is 4.79 Å². The van der Waals surface area contributed by atoms with Crippen LogP contribution in [0.25, 0.3) is 0 Å². The number of carbonyl (C=O) groups is 1. The van der Waals surface area contributed by atoms with Crippen LogP contribution in [0.15, 0.2) is 18.2 Å². The monoisotopic (exact) mass is 298 g/mol. The van der Waals surface area contributed by atoms with Crippen LogP contribution in [0.5, 0.6) is 0 Å². The summed E-state index contributed by atoms with van der Waals surface area (Å²) in [6.45, 7) is 1.55. The Hall–Kier alpha value is -0.770. The van der Waals surface area contributed by atoms with E-state index in [1.165, 1.54) is 6.42 Å². The second kappa shape index (κ2) is 5.31. The van der Waals surface area contributed by atoms with Gasteiger partial charge in [0.05, 0.1) is 15.6 Å². The summed E-state index contributed by atoms with van der Waals surface area (Å²) in [6.07, 6.45) is 3.39. The maximum Gasteiger partial charge on any atom is 0.255 e. The van der Waals surface area contributed by atoms with Crippen LogP contribution in [0.1, 0.15) is 29.6 Å². The SMILES string of the molecule is O=C(c1cccc(Cl)c1Cl)N1CCC2CCC(C1)N2. The van der Waals surface area contributed by atoms with Gasteiger partial charge < -0.3 is 10.2 Å². The first-order valence-corrected chi connectivity index (χ1v) is 7.40. The Morgan fingerprint density at radius 1 is 1.21 bits per heavy atom. The Labute approximate surface area is 122 Å². The molecule has 2 saturated heterocycles. The lowest BCUT2D eigenvalue weighted by Crippen LogP contribution is -2.39. The maximum atomic E-state index is 12.6. The Kier molecular flexibility index (Phi) is 3.70. The van der Waals surface area contributed by atoms with E-state index in [1.54, 1.807) is 18.2 Å². The molecule has 2 atom stereocenters. The lowest BCUT2D eigenvalue weighted by molar-refractivity contribution is 0.0748. The fraction of sp³-hybridized carbons (Fsp3) is 0.500. The highest BCUT2D eigenvalue weighted by Gasteiger charge is 2.32. The van der Waals surface area contributed by atoms with Crippen molar-refractivity contribution in [2.24, 2.45) is 0 Å². The van der Waals surface area contributed by atoms with E-state index in [2.05, 4.69) is 5.32 Å². The quantitative estimate of drug-likeness (QED) is 0.864. The van der Waals surface area contributed by atoms with Crippen LogP contribution < -0.4 is 5.32 Å². The van der Waals surface area contributed by atoms with Gasteiger partial charge in [0.25, 0.3) is 5.91 Å². The molecule has 2 heterocycles. The molecule has 0 aromatic heterocycles. The number of amides is 1. The Bertz CT molecular complexity index is 506. The van der Waals surface area contributed by atoms with E-state index >= 15 is 0 Å². The van der Waals surface area contributed by atoms with Gasteiger partial charge in [0.1, 0.15) is 0 Å². The first-order chi connectivity index (χ1) is 9.15. The summed E-state index contributed by atoms with van der Waals surface area (Å²) >= 11 is 12.1. The minimum atomic E-state index is -0.0122. The molecular formula is C14H16Cl2N2O. The zero-order valence-corrected chi connectivity index (χ0v) is 12.0. The van der Waals surface area contributed by atoms with Gasteiger partial charge in [-0.1, -0.05) is 29.3 Å². The van der Waals surface area contributed by atoms with Crippen molar-refractivity contribution in [2.45, 2.75) is 31.3 Å². The second-order valence-electron chi connectivity index (χ2n) is 5.28. The molecule has 0 spiro atoms. The summed E-state index contributed by atoms with van der Waals surface area (Å²) in [6, 6.07) is 6.20. The largest absolute Gasteiger partial charge is 0.337 e. The highest BCUT2D eigenvalue weighted by Crippen LogP contribution is 2.28. The fourth-order valence-corrected chi connectivity index (χ4v) is 3.35. The van der Waals surface area contributed by atoms with Crippen molar-refractivity contribution >= 4 is 29.1 Å². The maximum absolute atomic E-state index is 12.6. The number of hydrogen-bond acceptors (Lipinski definition) is 2. The van der Waals surface area contributed by atoms with Gasteiger partial charge in [-0.2, -0.15) is 0 Å². The molecule has 102 valence electrons. The number of fused-ring (bicyclic) bond motifs is 2. The molecule has 0 aliphatic carbocycles. The molecular weight excluding hydrogens is 283 g/mol. The minimum absolute atomic E-state index is 0.0122. The van der Waals surface area contributed by atoms with Gasteiger partial charge in [0.2, 0.25) is 0 Å². The number of rotatable bonds is 1. The third-order valence-electron chi connectivity index (χ3n) is 3.99. The average molecular weight is 299 g/mol. The normalized spacial score (nSPS) is 26.3. The van der Waals surface area contributed by atoms with E-state index in [9.17, 15) is 4.79 Å². The summed E-state index contributed by atoms with van der Waals surface area (Å²) in [5.41, 5.74) is 0.506. The smallest absolute Gasteiger partial charge is 0.255 e. The Morgan fingerprint density at radius 3 is 2.84 bits per heavy atom. The molecule has 2 aliphatic heterocycles. The van der Waals surface area contributed by atoms with Gasteiger partial charge in [0, 0.05) is 25.2 Å². The summed E-state index contributed by atoms with van der Waals surface area (Å²) in [4.78, 5) is 14.5. The number of halogens is 2. The molecule has 1 N–H and O–H groups in total. The highest BCUT2D eigenvalue weighted by atomic mass is 35.5. The molecule has 1 aromatic carbocycles. The third kappa shape index (κ3) is 2.60. The van der Waals surface area contributed by atoms with E-state index in [1.807, 2.05) is 4.90 Å². The van der Waals surface area contributed by atoms with E-state index in [4.69, 9.17) is 23.2 Å². The van der Waals surface area contributed by atoms with Crippen molar-refractivity contribution in [1.82, 2.24) is 10.2 Å². The molecule has 2 bridgehead atoms. The van der Waals surface area contributed by atoms with Gasteiger partial charge >= 0.3 is 0 Å². The van der Waals surface area contributed by atoms with E-state index < -0.39 is 0 Å². The molecule has 0 radical (unpaired) electrons. The van der Waals surface area contributed by atoms with Gasteiger partial charge in [-0.3, -0.25) is 4.79 Å². The van der Waals surface area contributed by atoms with Crippen molar-refractivity contribution in [3.8, 4) is 0 Å². The Morgan fingerprint density at radius 2 is 2.00 bits per heavy atom. The fourth-order valence-electron chi connectivity index (χ4n) is 2.97. The first kappa shape index (κ1) is 13.2. The average Bonchev–Trinajstić information content (AvgIpc) is 2.72. The zero-order chi connectivity index (χ0) is 13.4. The number of benzene rings is 1. The predicted molar refractivity (Wildman–Crippen MR) is 76.9 cm³/mol. The van der Waals surface area contributed by atoms with Gasteiger partial charge in [0.15, 0.2) is 0 Å². The van der Waals surface area contributed by atoms with Crippen LogP contribution in [0.3, 0.4) is 0 Å². The van der Waals surface area contributed by atoms with Gasteiger partial charge in [-0.15, -0.1) is 0 Å². The van der Waals surface area contributed by atoms with Crippen molar-refractivity contribution in [3.05, 3.63) is 33.8 Å². The van der Waals surface area contributed by atoms with Gasteiger partial charge in [-0.05, 0) is 31.4 Å². The van der Waals surface area contributed by atoms with Crippen molar-refractivity contribution in [1.29, 1.82) is 0 Å². The lowest BCUT2D eigenvalue weighted by atomic mass is 10.1. The Balaban J connectivity index is 1.81. The molecule has 19 heavy (non-hydrogen) atoms. The van der Waals surface area contributed by atoms with Crippen LogP contribution in [0.4, 0.5) is 0 Å². The van der Waals surface area contributed by atoms with Gasteiger partial charge in [-0.25, -0.2) is 0 Å². The van der Waals surface area contributed by atoms with Crippen LogP contribution in [0, 0.1) is 0 Å². The minimum Gasteiger partial charge on any atom is -0.337 e. The molecule has 0 saturated carbocycles. The number of nitrogens with one attached hydrogen (secondary N) is 1. The molecule has 2 aliphatic rings. The molecule has 5 heteroatoms. The predicted octanol–water partition coefficient (Wildman–Crippen LogP) is 2.96. The molecule has 2 fully saturated rings. The standard InChI is InChI=1S/C14H16Cl2N2O/c15-12-3-1-2-11(13(12)16)14(19)18-7-6-9-4-5-10(8-18)17-9/h1-3,9-10,17H,4-8H2. The van der Waals surface area contributed by atoms with E-state index in [0.29, 0.717) is 27.7 Å². The second-order valence-corrected chi connectivity index (χ2v) is 6.06. The number of likely N-dealkylation sites (tertiary alicyclic amines) is 1. The molecule has 2 unspecified atom stereocenters. The highest BCUT2D eigenvalue weighted by molar-refractivity contribution is 6.43. The summed E-state index contributed by atoms with van der Waals surface area (Å²) in [5.74, 6) is -0.0122. The van der Waals surface area contributed by atoms with E-state index in [-0.39, 0.29) is 5.91 Å². The first-order valence-electron chi connectivity index (χ1n) is 6.64. The molecule has 3 nitrogen and oxygen atoms in total. The molecule has 3 rings (SSSR count). The summed E-state index contributed by atoms with van der Waals surface area (Å²) < 4.78 is 0. The van der Waals surface area contributed by atoms with Crippen LogP contribution >= 0.6 is 23.2 Å². The number of carbonyl (C=O) groups excluding carboxylic acids is 1. The molecule has 1 amide bonds. The number of hydrogen-bond donors (Lipinski definition) is 1. The van der Waals surface area contributed by atoms with E-state index in [0.717, 1.165) is 25.9 Å². The van der Waals surface area contributed by atoms with Crippen LogP contribution in [0.2, 0.25) is 10.0 Å². The topological polar surface area (TPSA) is 32.3 Å². The van der Waals surface area contributed by atoms with Crippen molar-refractivity contribution in [2.75, 3.05) is 13.1 Å². The lowest BCUT2D eigenvalue weighted by Gasteiger charge is -2.24. The van der Waals surface area contributed by atoms with Crippen molar-refractivity contribution in [3.63, 3.8) is 0 Å². The van der Waals surface area contributed by atoms with Crippen LogP contribution in [-0.4, -0.2) is 36.0 Å². The zero-order valence-electron chi connectivity index (χ0n) is 10.5. The van der Waals surface area contributed by atoms with Crippen LogP contribution in [-0.2, 0) is 0 Å².